The molecule has 0 amide bonds. The van der Waals surface area contributed by atoms with Gasteiger partial charge in [0.1, 0.15) is 0 Å². The maximum absolute atomic E-state index is 8.88. The molecule has 6 heteroatoms. The Morgan fingerprint density at radius 1 is 1.00 bits per heavy atom. The molecule has 1 atom stereocenters. The Kier molecular flexibility index (Phi) is 35.1. The minimum Gasteiger partial charge on any atom is -0.340 e. The number of hydrogen-bond donors (Lipinski definition) is 3. The first-order valence-corrected chi connectivity index (χ1v) is 9.68. The summed E-state index contributed by atoms with van der Waals surface area (Å²) in [6.45, 7) is 12.8. The van der Waals surface area contributed by atoms with E-state index < -0.39 is 7.82 Å². The minimum absolute atomic E-state index is 0. The van der Waals surface area contributed by atoms with Gasteiger partial charge in [0.2, 0.25) is 0 Å². The SMILES string of the molecule is C[CH-]CCCCCC.O=P(O)(O)O.[CH2-]C(CC)CCCC.[Nd]. The zero-order valence-corrected chi connectivity index (χ0v) is 19.0. The van der Waals surface area contributed by atoms with Crippen LogP contribution in [0.4, 0.5) is 0 Å². The molecule has 0 aromatic rings. The van der Waals surface area contributed by atoms with Gasteiger partial charge in [-0.05, 0) is 0 Å². The first kappa shape index (κ1) is 31.3. The van der Waals surface area contributed by atoms with E-state index in [1.165, 1.54) is 57.8 Å². The molecule has 4 nitrogen and oxygen atoms in total. The van der Waals surface area contributed by atoms with Crippen molar-refractivity contribution >= 4 is 7.82 Å². The summed E-state index contributed by atoms with van der Waals surface area (Å²) in [5, 5.41) is 0. The zero-order valence-electron chi connectivity index (χ0n) is 14.9. The maximum Gasteiger partial charge on any atom is 0.466 e. The summed E-state index contributed by atoms with van der Waals surface area (Å²) in [7, 11) is -4.64. The van der Waals surface area contributed by atoms with Crippen LogP contribution in [0.2, 0.25) is 0 Å². The fourth-order valence-electron chi connectivity index (χ4n) is 1.47. The third kappa shape index (κ3) is 57.9. The molecule has 0 aliphatic rings. The van der Waals surface area contributed by atoms with Gasteiger partial charge in [-0.3, -0.25) is 0 Å². The molecule has 0 rings (SSSR count). The van der Waals surface area contributed by atoms with Crippen molar-refractivity contribution in [2.75, 3.05) is 0 Å². The van der Waals surface area contributed by atoms with Crippen molar-refractivity contribution in [2.45, 2.75) is 85.5 Å². The van der Waals surface area contributed by atoms with Crippen LogP contribution in [-0.2, 0) is 4.57 Å². The van der Waals surface area contributed by atoms with Crippen LogP contribution in [0.1, 0.15) is 85.5 Å². The summed E-state index contributed by atoms with van der Waals surface area (Å²) in [6, 6.07) is 0. The molecule has 1 unspecified atom stereocenters. The van der Waals surface area contributed by atoms with E-state index in [-0.39, 0.29) is 40.8 Å². The number of rotatable bonds is 9. The minimum atomic E-state index is -4.64. The molecule has 0 spiro atoms. The quantitative estimate of drug-likeness (QED) is 0.244. The molecule has 3 N–H and O–H groups in total. The van der Waals surface area contributed by atoms with Gasteiger partial charge >= 0.3 is 7.82 Å². The molecule has 0 fully saturated rings. The topological polar surface area (TPSA) is 77.8 Å². The van der Waals surface area contributed by atoms with Gasteiger partial charge in [-0.25, -0.2) is 4.57 Å². The van der Waals surface area contributed by atoms with E-state index in [4.69, 9.17) is 19.2 Å². The van der Waals surface area contributed by atoms with Crippen molar-refractivity contribution in [3.05, 3.63) is 13.3 Å². The van der Waals surface area contributed by atoms with Crippen LogP contribution in [0.25, 0.3) is 0 Å². The Morgan fingerprint density at radius 3 is 1.77 bits per heavy atom. The molecule has 136 valence electrons. The maximum atomic E-state index is 8.88. The van der Waals surface area contributed by atoms with Crippen LogP contribution in [-0.4, -0.2) is 14.7 Å². The summed E-state index contributed by atoms with van der Waals surface area (Å²) in [6.07, 6.45) is 14.3. The Hall–Kier alpha value is 1.46. The molecule has 0 saturated heterocycles. The van der Waals surface area contributed by atoms with Crippen molar-refractivity contribution < 1.29 is 60.1 Å². The number of unbranched alkanes of at least 4 members (excludes halogenated alkanes) is 6. The van der Waals surface area contributed by atoms with Gasteiger partial charge in [-0.15, -0.1) is 0 Å². The van der Waals surface area contributed by atoms with E-state index >= 15 is 0 Å². The largest absolute Gasteiger partial charge is 0.466 e. The first-order valence-electron chi connectivity index (χ1n) is 8.11. The normalized spacial score (nSPS) is 11.3. The number of phosphoric acid groups is 1. The molecule has 0 aliphatic heterocycles. The van der Waals surface area contributed by atoms with E-state index in [1.807, 2.05) is 0 Å². The fraction of sp³-hybridized carbons (Fsp3) is 0.875. The third-order valence-electron chi connectivity index (χ3n) is 2.89. The molecular formula is C16H37NdO4P-2. The van der Waals surface area contributed by atoms with Gasteiger partial charge in [-0.1, -0.05) is 72.1 Å². The second kappa shape index (κ2) is 24.7. The molecule has 0 aliphatic carbocycles. The molecule has 0 aromatic carbocycles. The number of hydrogen-bond acceptors (Lipinski definition) is 1. The molecule has 0 saturated carbocycles. The predicted octanol–water partition coefficient (Wildman–Crippen LogP) is 5.29. The summed E-state index contributed by atoms with van der Waals surface area (Å²) >= 11 is 0. The van der Waals surface area contributed by atoms with Crippen LogP contribution in [0, 0.1) is 60.1 Å². The van der Waals surface area contributed by atoms with Gasteiger partial charge < -0.3 is 28.0 Å². The Balaban J connectivity index is -0.000000111. The average molecular weight is 469 g/mol. The van der Waals surface area contributed by atoms with Gasteiger partial charge in [0.25, 0.3) is 0 Å². The summed E-state index contributed by atoms with van der Waals surface area (Å²) in [5.41, 5.74) is 0. The van der Waals surface area contributed by atoms with E-state index in [2.05, 4.69) is 41.0 Å². The predicted molar refractivity (Wildman–Crippen MR) is 91.7 cm³/mol. The van der Waals surface area contributed by atoms with E-state index in [1.54, 1.807) is 0 Å². The molecule has 0 radical (unpaired) electrons. The summed E-state index contributed by atoms with van der Waals surface area (Å²) < 4.78 is 8.88. The van der Waals surface area contributed by atoms with Gasteiger partial charge in [0, 0.05) is 40.8 Å². The van der Waals surface area contributed by atoms with Gasteiger partial charge in [0.05, 0.1) is 0 Å². The zero-order chi connectivity index (χ0) is 17.1. The summed E-state index contributed by atoms with van der Waals surface area (Å²) in [4.78, 5) is 21.6. The van der Waals surface area contributed by atoms with Gasteiger partial charge in [0.15, 0.2) is 0 Å². The Bertz CT molecular complexity index is 208. The molecular weight excluding hydrogens is 431 g/mol. The van der Waals surface area contributed by atoms with E-state index in [9.17, 15) is 0 Å². The Morgan fingerprint density at radius 2 is 1.45 bits per heavy atom. The van der Waals surface area contributed by atoms with Gasteiger partial charge in [-0.2, -0.15) is 19.3 Å². The molecule has 0 bridgehead atoms. The van der Waals surface area contributed by atoms with Crippen LogP contribution in [0.15, 0.2) is 0 Å². The van der Waals surface area contributed by atoms with Crippen molar-refractivity contribution in [1.82, 2.24) is 0 Å². The van der Waals surface area contributed by atoms with Crippen molar-refractivity contribution in [3.63, 3.8) is 0 Å². The molecule has 0 aromatic heterocycles. The second-order valence-corrected chi connectivity index (χ2v) is 6.21. The Labute approximate surface area is 171 Å². The standard InChI is InChI=1S/2C8H17.Nd.H3O4P/c1-4-6-7-8(3)5-2;1-3-5-7-8-6-4-2;;1-5(2,3)4/h8H,3-7H2,1-2H3;3H,4-8H2,1-2H3;;(H3,1,2,3,4)/q2*-1;;. The van der Waals surface area contributed by atoms with Crippen molar-refractivity contribution in [1.29, 1.82) is 0 Å². The molecule has 22 heavy (non-hydrogen) atoms. The fourth-order valence-corrected chi connectivity index (χ4v) is 1.47. The second-order valence-electron chi connectivity index (χ2n) is 5.19. The first-order chi connectivity index (χ1) is 9.72. The smallest absolute Gasteiger partial charge is 0.340 e. The summed E-state index contributed by atoms with van der Waals surface area (Å²) in [5.74, 6) is 0.704. The van der Waals surface area contributed by atoms with Crippen molar-refractivity contribution in [3.8, 4) is 0 Å². The average Bonchev–Trinajstić information content (AvgIpc) is 2.40. The van der Waals surface area contributed by atoms with Crippen LogP contribution < -0.4 is 0 Å². The van der Waals surface area contributed by atoms with Crippen molar-refractivity contribution in [2.24, 2.45) is 5.92 Å². The van der Waals surface area contributed by atoms with E-state index in [0.29, 0.717) is 5.92 Å². The van der Waals surface area contributed by atoms with Crippen LogP contribution in [0.3, 0.4) is 0 Å². The third-order valence-corrected chi connectivity index (χ3v) is 2.89. The van der Waals surface area contributed by atoms with Crippen LogP contribution >= 0.6 is 7.82 Å². The van der Waals surface area contributed by atoms with E-state index in [0.717, 1.165) is 0 Å². The monoisotopic (exact) mass is 466 g/mol. The van der Waals surface area contributed by atoms with Crippen LogP contribution in [0.5, 0.6) is 0 Å². The molecule has 0 heterocycles.